The zero-order valence-electron chi connectivity index (χ0n) is 4.63. The molecule has 3 heteroatoms. The molecule has 8 heavy (non-hydrogen) atoms. The standard InChI is InChI=1S/C5H8O2S/c1-8-5-2-4(6)3-7-5/h3,5-6H,2H2,1H3. The van der Waals surface area contributed by atoms with Gasteiger partial charge in [0, 0.05) is 0 Å². The molecule has 1 rings (SSSR count). The van der Waals surface area contributed by atoms with Crippen molar-refractivity contribution >= 4 is 11.8 Å². The SMILES string of the molecule is CSC1CC(O)=CO1. The Morgan fingerprint density at radius 3 is 3.00 bits per heavy atom. The van der Waals surface area contributed by atoms with Crippen LogP contribution in [0, 0.1) is 0 Å². The zero-order valence-corrected chi connectivity index (χ0v) is 5.44. The molecule has 1 aliphatic rings. The molecule has 2 nitrogen and oxygen atoms in total. The van der Waals surface area contributed by atoms with Crippen molar-refractivity contribution in [2.75, 3.05) is 6.26 Å². The smallest absolute Gasteiger partial charge is 0.150 e. The lowest BCUT2D eigenvalue weighted by molar-refractivity contribution is 0.250. The van der Waals surface area contributed by atoms with Gasteiger partial charge < -0.3 is 9.84 Å². The van der Waals surface area contributed by atoms with Crippen LogP contribution in [0.4, 0.5) is 0 Å². The van der Waals surface area contributed by atoms with Gasteiger partial charge in [-0.3, -0.25) is 0 Å². The molecule has 0 aromatic heterocycles. The van der Waals surface area contributed by atoms with Crippen LogP contribution in [0.5, 0.6) is 0 Å². The summed E-state index contributed by atoms with van der Waals surface area (Å²) in [6.45, 7) is 0. The van der Waals surface area contributed by atoms with Crippen LogP contribution in [-0.2, 0) is 4.74 Å². The highest BCUT2D eigenvalue weighted by molar-refractivity contribution is 7.99. The van der Waals surface area contributed by atoms with Crippen molar-refractivity contribution in [1.29, 1.82) is 0 Å². The zero-order chi connectivity index (χ0) is 5.98. The van der Waals surface area contributed by atoms with Crippen molar-refractivity contribution in [3.63, 3.8) is 0 Å². The lowest BCUT2D eigenvalue weighted by Crippen LogP contribution is -1.96. The molecule has 0 aliphatic carbocycles. The maximum Gasteiger partial charge on any atom is 0.150 e. The van der Waals surface area contributed by atoms with E-state index in [1.807, 2.05) is 6.26 Å². The first-order valence-corrected chi connectivity index (χ1v) is 3.68. The van der Waals surface area contributed by atoms with Crippen LogP contribution in [0.3, 0.4) is 0 Å². The molecule has 1 unspecified atom stereocenters. The van der Waals surface area contributed by atoms with Gasteiger partial charge in [0.05, 0.1) is 6.42 Å². The second-order valence-electron chi connectivity index (χ2n) is 1.61. The van der Waals surface area contributed by atoms with Gasteiger partial charge in [-0.15, -0.1) is 11.8 Å². The molecule has 1 heterocycles. The number of thioether (sulfide) groups is 1. The van der Waals surface area contributed by atoms with Crippen LogP contribution < -0.4 is 0 Å². The minimum Gasteiger partial charge on any atom is -0.509 e. The highest BCUT2D eigenvalue weighted by Gasteiger charge is 2.15. The second kappa shape index (κ2) is 2.31. The Kier molecular flexibility index (Phi) is 1.68. The minimum atomic E-state index is 0.148. The predicted octanol–water partition coefficient (Wildman–Crippen LogP) is 1.50. The maximum atomic E-state index is 8.75. The topological polar surface area (TPSA) is 29.5 Å². The van der Waals surface area contributed by atoms with Crippen LogP contribution in [0.2, 0.25) is 0 Å². The summed E-state index contributed by atoms with van der Waals surface area (Å²) in [5.74, 6) is 0.351. The summed E-state index contributed by atoms with van der Waals surface area (Å²) >= 11 is 1.60. The molecule has 0 aromatic carbocycles. The van der Waals surface area contributed by atoms with E-state index in [2.05, 4.69) is 0 Å². The number of rotatable bonds is 1. The van der Waals surface area contributed by atoms with E-state index < -0.39 is 0 Å². The van der Waals surface area contributed by atoms with Crippen LogP contribution in [0.25, 0.3) is 0 Å². The first-order valence-electron chi connectivity index (χ1n) is 2.39. The van der Waals surface area contributed by atoms with E-state index in [0.29, 0.717) is 12.2 Å². The average Bonchev–Trinajstić information content (AvgIpc) is 2.14. The molecule has 0 saturated carbocycles. The Morgan fingerprint density at radius 2 is 2.75 bits per heavy atom. The Bertz CT molecular complexity index is 111. The van der Waals surface area contributed by atoms with Gasteiger partial charge in [-0.25, -0.2) is 0 Å². The van der Waals surface area contributed by atoms with E-state index in [-0.39, 0.29) is 5.44 Å². The fraction of sp³-hybridized carbons (Fsp3) is 0.600. The summed E-state index contributed by atoms with van der Waals surface area (Å²) in [5, 5.41) is 8.75. The van der Waals surface area contributed by atoms with Crippen LogP contribution in [0.1, 0.15) is 6.42 Å². The Labute approximate surface area is 52.5 Å². The third-order valence-corrected chi connectivity index (χ3v) is 1.80. The summed E-state index contributed by atoms with van der Waals surface area (Å²) < 4.78 is 4.97. The van der Waals surface area contributed by atoms with Gasteiger partial charge in [0.25, 0.3) is 0 Å². The number of aliphatic hydroxyl groups excluding tert-OH is 1. The molecule has 0 radical (unpaired) electrons. The molecule has 0 bridgehead atoms. The summed E-state index contributed by atoms with van der Waals surface area (Å²) in [4.78, 5) is 0. The molecule has 0 spiro atoms. The van der Waals surface area contributed by atoms with Gasteiger partial charge in [0.15, 0.2) is 5.44 Å². The average molecular weight is 132 g/mol. The second-order valence-corrected chi connectivity index (χ2v) is 2.61. The Morgan fingerprint density at radius 1 is 2.00 bits per heavy atom. The van der Waals surface area contributed by atoms with E-state index in [1.54, 1.807) is 11.8 Å². The fourth-order valence-electron chi connectivity index (χ4n) is 0.560. The lowest BCUT2D eigenvalue weighted by atomic mass is 10.4. The molecular formula is C5H8O2S. The van der Waals surface area contributed by atoms with Crippen molar-refractivity contribution in [1.82, 2.24) is 0 Å². The minimum absolute atomic E-state index is 0.148. The number of hydrogen-bond donors (Lipinski definition) is 1. The molecule has 1 aliphatic heterocycles. The number of ether oxygens (including phenoxy) is 1. The Balaban J connectivity index is 2.32. The van der Waals surface area contributed by atoms with E-state index >= 15 is 0 Å². The Hall–Kier alpha value is -0.310. The molecule has 1 atom stereocenters. The lowest BCUT2D eigenvalue weighted by Gasteiger charge is -2.02. The third-order valence-electron chi connectivity index (χ3n) is 0.995. The fourth-order valence-corrected chi connectivity index (χ4v) is 1.06. The number of aliphatic hydroxyl groups is 1. The third kappa shape index (κ3) is 1.10. The van der Waals surface area contributed by atoms with E-state index in [1.165, 1.54) is 6.26 Å². The van der Waals surface area contributed by atoms with Crippen molar-refractivity contribution in [3.05, 3.63) is 12.0 Å². The van der Waals surface area contributed by atoms with E-state index in [4.69, 9.17) is 9.84 Å². The normalized spacial score (nSPS) is 27.1. The molecule has 0 fully saturated rings. The molecule has 1 N–H and O–H groups in total. The van der Waals surface area contributed by atoms with E-state index in [0.717, 1.165) is 0 Å². The highest BCUT2D eigenvalue weighted by Crippen LogP contribution is 2.22. The molecule has 0 amide bonds. The molecule has 0 saturated heterocycles. The monoisotopic (exact) mass is 132 g/mol. The van der Waals surface area contributed by atoms with Crippen molar-refractivity contribution < 1.29 is 9.84 Å². The van der Waals surface area contributed by atoms with Crippen molar-refractivity contribution in [2.24, 2.45) is 0 Å². The van der Waals surface area contributed by atoms with Gasteiger partial charge in [0.1, 0.15) is 12.0 Å². The van der Waals surface area contributed by atoms with Gasteiger partial charge >= 0.3 is 0 Å². The van der Waals surface area contributed by atoms with Crippen LogP contribution >= 0.6 is 11.8 Å². The highest BCUT2D eigenvalue weighted by atomic mass is 32.2. The number of hydrogen-bond acceptors (Lipinski definition) is 3. The first-order chi connectivity index (χ1) is 3.83. The van der Waals surface area contributed by atoms with Gasteiger partial charge in [-0.1, -0.05) is 0 Å². The molecule has 0 aromatic rings. The summed E-state index contributed by atoms with van der Waals surface area (Å²) in [6.07, 6.45) is 4.01. The molecule has 46 valence electrons. The predicted molar refractivity (Wildman–Crippen MR) is 33.7 cm³/mol. The van der Waals surface area contributed by atoms with Gasteiger partial charge in [0.2, 0.25) is 0 Å². The van der Waals surface area contributed by atoms with Crippen LogP contribution in [0.15, 0.2) is 12.0 Å². The quantitative estimate of drug-likeness (QED) is 0.586. The molecular weight excluding hydrogens is 124 g/mol. The maximum absolute atomic E-state index is 8.75. The van der Waals surface area contributed by atoms with E-state index in [9.17, 15) is 0 Å². The summed E-state index contributed by atoms with van der Waals surface area (Å²) in [6, 6.07) is 0. The summed E-state index contributed by atoms with van der Waals surface area (Å²) in [5.41, 5.74) is 0.148. The largest absolute Gasteiger partial charge is 0.509 e. The van der Waals surface area contributed by atoms with Crippen LogP contribution in [-0.4, -0.2) is 16.8 Å². The van der Waals surface area contributed by atoms with Crippen molar-refractivity contribution in [2.45, 2.75) is 11.9 Å². The summed E-state index contributed by atoms with van der Waals surface area (Å²) in [7, 11) is 0. The van der Waals surface area contributed by atoms with Crippen molar-refractivity contribution in [3.8, 4) is 0 Å². The first kappa shape index (κ1) is 5.82. The van der Waals surface area contributed by atoms with Gasteiger partial charge in [-0.2, -0.15) is 0 Å². The van der Waals surface area contributed by atoms with Gasteiger partial charge in [-0.05, 0) is 6.26 Å².